The van der Waals surface area contributed by atoms with Gasteiger partial charge >= 0.3 is 6.01 Å². The number of aromatic hydroxyl groups is 1. The summed E-state index contributed by atoms with van der Waals surface area (Å²) in [6.45, 7) is 4.54. The van der Waals surface area contributed by atoms with E-state index in [-0.39, 0.29) is 58.2 Å². The number of anilines is 1. The first-order valence-electron chi connectivity index (χ1n) is 15.7. The Morgan fingerprint density at radius 2 is 1.98 bits per heavy atom. The van der Waals surface area contributed by atoms with Gasteiger partial charge in [-0.3, -0.25) is 9.88 Å². The summed E-state index contributed by atoms with van der Waals surface area (Å²) in [5.41, 5.74) is 0.642. The molecule has 4 saturated heterocycles. The molecule has 236 valence electrons. The van der Waals surface area contributed by atoms with E-state index in [1.165, 1.54) is 36.0 Å². The number of halogens is 3. The van der Waals surface area contributed by atoms with Gasteiger partial charge in [0.05, 0.1) is 16.5 Å². The van der Waals surface area contributed by atoms with Crippen molar-refractivity contribution < 1.29 is 23.0 Å². The van der Waals surface area contributed by atoms with E-state index >= 15 is 4.39 Å². The van der Waals surface area contributed by atoms with E-state index in [4.69, 9.17) is 16.1 Å². The van der Waals surface area contributed by atoms with Crippen LogP contribution in [0, 0.1) is 24.0 Å². The Hall–Kier alpha value is -4.40. The van der Waals surface area contributed by atoms with E-state index in [0.29, 0.717) is 55.6 Å². The van der Waals surface area contributed by atoms with E-state index in [9.17, 15) is 13.9 Å². The number of phenolic OH excluding ortho intramolecular Hbond substituents is 1. The van der Waals surface area contributed by atoms with Crippen LogP contribution in [-0.2, 0) is 0 Å². The summed E-state index contributed by atoms with van der Waals surface area (Å²) in [7, 11) is 0. The van der Waals surface area contributed by atoms with E-state index in [2.05, 4.69) is 37.1 Å². The summed E-state index contributed by atoms with van der Waals surface area (Å²) in [6.07, 6.45) is 11.4. The van der Waals surface area contributed by atoms with Gasteiger partial charge in [0.1, 0.15) is 41.4 Å². The van der Waals surface area contributed by atoms with E-state index in [1.807, 2.05) is 6.92 Å². The number of ether oxygens (including phenoxy) is 1. The first-order chi connectivity index (χ1) is 22.2. The van der Waals surface area contributed by atoms with Crippen molar-refractivity contribution in [2.24, 2.45) is 0 Å². The quantitative estimate of drug-likeness (QED) is 0.229. The molecule has 4 atom stereocenters. The Bertz CT molecular complexity index is 1970. The number of allylic oxidation sites excluding steroid dienone is 1. The molecule has 4 aromatic rings. The summed E-state index contributed by atoms with van der Waals surface area (Å²) >= 11 is 0. The first-order valence-corrected chi connectivity index (χ1v) is 15.7. The van der Waals surface area contributed by atoms with Gasteiger partial charge in [-0.15, -0.1) is 6.42 Å². The summed E-state index contributed by atoms with van der Waals surface area (Å²) in [6, 6.07) is 6.03. The minimum Gasteiger partial charge on any atom is -0.508 e. The molecule has 11 heteroatoms. The average Bonchev–Trinajstić information content (AvgIpc) is 3.67. The fourth-order valence-electron chi connectivity index (χ4n) is 8.01. The summed E-state index contributed by atoms with van der Waals surface area (Å²) in [5.74, 6) is 1.32. The molecule has 2 aromatic heterocycles. The Labute approximate surface area is 264 Å². The molecular formula is C35H33F3N6O2. The molecule has 8 nitrogen and oxygen atoms in total. The molecule has 0 spiro atoms. The first kappa shape index (κ1) is 29.0. The number of phenols is 1. The van der Waals surface area contributed by atoms with E-state index < -0.39 is 23.3 Å². The van der Waals surface area contributed by atoms with E-state index in [1.54, 1.807) is 0 Å². The van der Waals surface area contributed by atoms with Crippen molar-refractivity contribution in [2.45, 2.75) is 56.4 Å². The van der Waals surface area contributed by atoms with Crippen LogP contribution in [0.2, 0.25) is 0 Å². The van der Waals surface area contributed by atoms with Crippen molar-refractivity contribution in [2.75, 3.05) is 37.7 Å². The minimum atomic E-state index is -0.952. The van der Waals surface area contributed by atoms with Crippen molar-refractivity contribution in [3.63, 3.8) is 0 Å². The fraction of sp³-hybridized carbons (Fsp3) is 0.400. The van der Waals surface area contributed by atoms with Gasteiger partial charge in [0.15, 0.2) is 5.82 Å². The van der Waals surface area contributed by atoms with Crippen LogP contribution in [0.3, 0.4) is 0 Å². The zero-order chi connectivity index (χ0) is 31.7. The molecule has 4 aliphatic heterocycles. The van der Waals surface area contributed by atoms with Gasteiger partial charge in [0, 0.05) is 61.8 Å². The predicted octanol–water partition coefficient (Wildman–Crippen LogP) is 5.26. The standard InChI is InChI=1S/C35H33F3N6O2/c1-3-19-11-35(12-21(36)15-44(35)14-19)18-46-34-41-32-27(33(42-34)43-16-22-6-7-23(17-43)40-22)13-39-31(30(32)38)26-10-24(45)9-20-5-8-28(37)25(4-2)29(20)26/h2-3,5,8-10,13,21-23,40,45H,6-7,11-12,14-18H2,1H3/t21-,22-,23+,35-/m1/s1. The smallest absolute Gasteiger partial charge is 0.319 e. The molecule has 2 bridgehead atoms. The van der Waals surface area contributed by atoms with Crippen LogP contribution in [0.25, 0.3) is 32.9 Å². The third-order valence-electron chi connectivity index (χ3n) is 10.1. The molecular weight excluding hydrogens is 593 g/mol. The molecule has 4 fully saturated rings. The molecule has 8 rings (SSSR count). The van der Waals surface area contributed by atoms with Crippen molar-refractivity contribution in [3.8, 4) is 35.4 Å². The van der Waals surface area contributed by atoms with Gasteiger partial charge < -0.3 is 20.1 Å². The van der Waals surface area contributed by atoms with Crippen LogP contribution in [0.5, 0.6) is 11.8 Å². The highest BCUT2D eigenvalue weighted by molar-refractivity contribution is 6.03. The lowest BCUT2D eigenvalue weighted by Crippen LogP contribution is -2.51. The number of rotatable bonds is 5. The number of terminal acetylenes is 1. The molecule has 4 aliphatic rings. The number of piperazine rings is 1. The normalized spacial score (nSPS) is 26.7. The second-order valence-electron chi connectivity index (χ2n) is 13.0. The molecule has 0 radical (unpaired) electrons. The number of benzene rings is 2. The summed E-state index contributed by atoms with van der Waals surface area (Å²) in [5, 5.41) is 15.3. The van der Waals surface area contributed by atoms with Gasteiger partial charge in [-0.05, 0) is 49.8 Å². The largest absolute Gasteiger partial charge is 0.508 e. The topological polar surface area (TPSA) is 86.6 Å². The second kappa shape index (κ2) is 10.9. The zero-order valence-corrected chi connectivity index (χ0v) is 25.4. The van der Waals surface area contributed by atoms with Gasteiger partial charge in [0.25, 0.3) is 0 Å². The number of hydrogen-bond donors (Lipinski definition) is 2. The van der Waals surface area contributed by atoms with Crippen molar-refractivity contribution in [1.29, 1.82) is 0 Å². The van der Waals surface area contributed by atoms with Crippen LogP contribution in [0.15, 0.2) is 42.1 Å². The lowest BCUT2D eigenvalue weighted by atomic mass is 9.93. The molecule has 2 aromatic carbocycles. The van der Waals surface area contributed by atoms with Gasteiger partial charge in [-0.2, -0.15) is 9.97 Å². The lowest BCUT2D eigenvalue weighted by Gasteiger charge is -2.34. The van der Waals surface area contributed by atoms with Crippen LogP contribution < -0.4 is 15.0 Å². The van der Waals surface area contributed by atoms with Gasteiger partial charge in [0.2, 0.25) is 0 Å². The average molecular weight is 627 g/mol. The highest BCUT2D eigenvalue weighted by atomic mass is 19.1. The molecule has 2 N–H and O–H groups in total. The number of hydrogen-bond acceptors (Lipinski definition) is 8. The predicted molar refractivity (Wildman–Crippen MR) is 170 cm³/mol. The van der Waals surface area contributed by atoms with Gasteiger partial charge in [-0.25, -0.2) is 13.2 Å². The van der Waals surface area contributed by atoms with Crippen LogP contribution in [0.1, 0.15) is 38.2 Å². The highest BCUT2D eigenvalue weighted by Gasteiger charge is 2.51. The summed E-state index contributed by atoms with van der Waals surface area (Å²) in [4.78, 5) is 18.1. The maximum absolute atomic E-state index is 16.8. The van der Waals surface area contributed by atoms with Crippen molar-refractivity contribution >= 4 is 27.5 Å². The van der Waals surface area contributed by atoms with Crippen LogP contribution in [-0.4, -0.2) is 81.5 Å². The lowest BCUT2D eigenvalue weighted by molar-refractivity contribution is 0.107. The van der Waals surface area contributed by atoms with Crippen LogP contribution >= 0.6 is 0 Å². The van der Waals surface area contributed by atoms with Crippen molar-refractivity contribution in [3.05, 3.63) is 59.3 Å². The number of nitrogens with one attached hydrogen (secondary N) is 1. The Morgan fingerprint density at radius 3 is 2.74 bits per heavy atom. The summed E-state index contributed by atoms with van der Waals surface area (Å²) < 4.78 is 52.6. The molecule has 0 aliphatic carbocycles. The Morgan fingerprint density at radius 1 is 1.17 bits per heavy atom. The number of pyridine rings is 1. The van der Waals surface area contributed by atoms with E-state index in [0.717, 1.165) is 12.8 Å². The molecule has 6 heterocycles. The highest BCUT2D eigenvalue weighted by Crippen LogP contribution is 2.43. The monoisotopic (exact) mass is 626 g/mol. The Balaban J connectivity index is 1.27. The second-order valence-corrected chi connectivity index (χ2v) is 13.0. The molecule has 0 unspecified atom stereocenters. The maximum atomic E-state index is 16.8. The molecule has 0 saturated carbocycles. The molecule has 46 heavy (non-hydrogen) atoms. The fourth-order valence-corrected chi connectivity index (χ4v) is 8.01. The SMILES string of the molecule is C#Cc1c(F)ccc2cc(O)cc(-c3ncc4c(N5C[C@H]6CC[C@@H](C5)N6)nc(OC[C@]56CC(=CC)CN5C[C@H](F)C6)nc4c3F)c12. The zero-order valence-electron chi connectivity index (χ0n) is 25.4. The Kier molecular flexibility index (Phi) is 6.85. The van der Waals surface area contributed by atoms with Crippen LogP contribution in [0.4, 0.5) is 19.0 Å². The molecule has 0 amide bonds. The maximum Gasteiger partial charge on any atom is 0.319 e. The number of fused-ring (bicyclic) bond motifs is 5. The van der Waals surface area contributed by atoms with Gasteiger partial charge in [-0.1, -0.05) is 23.6 Å². The van der Waals surface area contributed by atoms with Crippen molar-refractivity contribution in [1.82, 2.24) is 25.2 Å². The number of alkyl halides is 1. The number of nitrogens with zero attached hydrogens (tertiary/aromatic N) is 5. The minimum absolute atomic E-state index is 0.00823. The number of aromatic nitrogens is 3. The third-order valence-corrected chi connectivity index (χ3v) is 10.1. The third kappa shape index (κ3) is 4.65.